The van der Waals surface area contributed by atoms with Gasteiger partial charge in [0.1, 0.15) is 0 Å². The van der Waals surface area contributed by atoms with Crippen molar-refractivity contribution in [3.63, 3.8) is 0 Å². The highest BCUT2D eigenvalue weighted by Gasteiger charge is 2.49. The van der Waals surface area contributed by atoms with Crippen LogP contribution in [0.5, 0.6) is 0 Å². The quantitative estimate of drug-likeness (QED) is 0.608. The number of benzene rings is 1. The highest BCUT2D eigenvalue weighted by atomic mass is 32.2. The summed E-state index contributed by atoms with van der Waals surface area (Å²) in [6.45, 7) is 1.70. The minimum absolute atomic E-state index is 0.275. The van der Waals surface area contributed by atoms with Crippen LogP contribution in [-0.4, -0.2) is 19.9 Å². The predicted octanol–water partition coefficient (Wildman–Crippen LogP) is 2.00. The Labute approximate surface area is 95.1 Å². The van der Waals surface area contributed by atoms with Crippen molar-refractivity contribution in [3.8, 4) is 0 Å². The molecule has 1 rings (SSSR count). The van der Waals surface area contributed by atoms with E-state index in [2.05, 4.69) is 4.18 Å². The minimum atomic E-state index is -5.90. The SMILES string of the molecule is Cc1ccc(C(=O)OS(=O)(=O)C(F)(F)F)cc1. The van der Waals surface area contributed by atoms with Crippen molar-refractivity contribution in [3.05, 3.63) is 35.4 Å². The lowest BCUT2D eigenvalue weighted by atomic mass is 10.2. The molecular weight excluding hydrogens is 261 g/mol. The van der Waals surface area contributed by atoms with Crippen LogP contribution in [0.3, 0.4) is 0 Å². The summed E-state index contributed by atoms with van der Waals surface area (Å²) in [6.07, 6.45) is 0. The van der Waals surface area contributed by atoms with Gasteiger partial charge in [0.05, 0.1) is 5.56 Å². The molecule has 0 bridgehead atoms. The number of rotatable bonds is 2. The Morgan fingerprint density at radius 1 is 1.18 bits per heavy atom. The summed E-state index contributed by atoms with van der Waals surface area (Å²) in [7, 11) is -5.90. The number of hydrogen-bond donors (Lipinski definition) is 0. The molecule has 0 aliphatic rings. The van der Waals surface area contributed by atoms with Gasteiger partial charge in [0.15, 0.2) is 0 Å². The molecule has 0 aliphatic heterocycles. The zero-order valence-corrected chi connectivity index (χ0v) is 9.30. The first kappa shape index (κ1) is 13.5. The fourth-order valence-electron chi connectivity index (χ4n) is 0.885. The van der Waals surface area contributed by atoms with E-state index in [0.29, 0.717) is 0 Å². The van der Waals surface area contributed by atoms with Gasteiger partial charge < -0.3 is 4.18 Å². The number of hydrogen-bond acceptors (Lipinski definition) is 4. The second-order valence-electron chi connectivity index (χ2n) is 3.14. The zero-order chi connectivity index (χ0) is 13.3. The maximum Gasteiger partial charge on any atom is 0.534 e. The topological polar surface area (TPSA) is 60.4 Å². The molecule has 17 heavy (non-hydrogen) atoms. The molecule has 94 valence electrons. The summed E-state index contributed by atoms with van der Waals surface area (Å²) in [4.78, 5) is 11.1. The third kappa shape index (κ3) is 3.19. The lowest BCUT2D eigenvalue weighted by Gasteiger charge is -2.07. The van der Waals surface area contributed by atoms with Crippen LogP contribution in [0.4, 0.5) is 13.2 Å². The Morgan fingerprint density at radius 2 is 1.65 bits per heavy atom. The van der Waals surface area contributed by atoms with Crippen molar-refractivity contribution in [2.75, 3.05) is 0 Å². The maximum absolute atomic E-state index is 11.9. The standard InChI is InChI=1S/C9H7F3O4S/c1-6-2-4-7(5-3-6)8(13)16-17(14,15)9(10,11)12/h2-5H,1H3. The second-order valence-corrected chi connectivity index (χ2v) is 4.67. The molecule has 0 radical (unpaired) electrons. The molecule has 4 nitrogen and oxygen atoms in total. The van der Waals surface area contributed by atoms with E-state index in [-0.39, 0.29) is 5.56 Å². The van der Waals surface area contributed by atoms with Crippen molar-refractivity contribution in [1.82, 2.24) is 0 Å². The number of carbonyl (C=O) groups excluding carboxylic acids is 1. The van der Waals surface area contributed by atoms with Crippen LogP contribution in [0.2, 0.25) is 0 Å². The normalized spacial score (nSPS) is 12.2. The van der Waals surface area contributed by atoms with Gasteiger partial charge in [0.25, 0.3) is 0 Å². The summed E-state index contributed by atoms with van der Waals surface area (Å²) in [5.74, 6) is -1.57. The van der Waals surface area contributed by atoms with E-state index in [1.54, 1.807) is 6.92 Å². The van der Waals surface area contributed by atoms with Gasteiger partial charge >= 0.3 is 21.6 Å². The third-order valence-electron chi connectivity index (χ3n) is 1.76. The van der Waals surface area contributed by atoms with Gasteiger partial charge in [-0.15, -0.1) is 0 Å². The summed E-state index contributed by atoms with van der Waals surface area (Å²) >= 11 is 0. The Bertz CT molecular complexity index is 516. The van der Waals surface area contributed by atoms with E-state index in [9.17, 15) is 26.4 Å². The Hall–Kier alpha value is -1.57. The highest BCUT2D eigenvalue weighted by Crippen LogP contribution is 2.25. The molecule has 0 saturated heterocycles. The van der Waals surface area contributed by atoms with Gasteiger partial charge in [-0.2, -0.15) is 21.6 Å². The molecule has 8 heteroatoms. The Kier molecular flexibility index (Phi) is 3.46. The number of halogens is 3. The molecule has 1 aromatic rings. The van der Waals surface area contributed by atoms with Crippen LogP contribution in [0.25, 0.3) is 0 Å². The molecule has 0 atom stereocenters. The molecule has 1 aromatic carbocycles. The highest BCUT2D eigenvalue weighted by molar-refractivity contribution is 7.88. The van der Waals surface area contributed by atoms with Gasteiger partial charge in [-0.25, -0.2) is 4.79 Å². The first-order chi connectivity index (χ1) is 7.63. The molecule has 0 N–H and O–H groups in total. The Balaban J connectivity index is 2.91. The van der Waals surface area contributed by atoms with Crippen LogP contribution >= 0.6 is 0 Å². The largest absolute Gasteiger partial charge is 0.534 e. The Morgan fingerprint density at radius 3 is 2.06 bits per heavy atom. The molecule has 0 aliphatic carbocycles. The number of alkyl halides is 3. The molecule has 0 amide bonds. The molecule has 0 unspecified atom stereocenters. The third-order valence-corrected chi connectivity index (χ3v) is 2.69. The van der Waals surface area contributed by atoms with Crippen molar-refractivity contribution in [2.24, 2.45) is 0 Å². The van der Waals surface area contributed by atoms with Gasteiger partial charge in [0, 0.05) is 0 Å². The lowest BCUT2D eigenvalue weighted by Crippen LogP contribution is -2.28. The van der Waals surface area contributed by atoms with Crippen LogP contribution in [0, 0.1) is 6.92 Å². The van der Waals surface area contributed by atoms with E-state index < -0.39 is 21.6 Å². The van der Waals surface area contributed by atoms with Crippen molar-refractivity contribution in [2.45, 2.75) is 12.4 Å². The molecule has 0 saturated carbocycles. The van der Waals surface area contributed by atoms with Gasteiger partial charge in [0.2, 0.25) is 0 Å². The van der Waals surface area contributed by atoms with E-state index >= 15 is 0 Å². The fraction of sp³-hybridized carbons (Fsp3) is 0.222. The van der Waals surface area contributed by atoms with Crippen molar-refractivity contribution < 1.29 is 30.6 Å². The molecule has 0 spiro atoms. The lowest BCUT2D eigenvalue weighted by molar-refractivity contribution is -0.0525. The van der Waals surface area contributed by atoms with E-state index in [1.807, 2.05) is 0 Å². The summed E-state index contributed by atoms with van der Waals surface area (Å²) < 4.78 is 60.2. The van der Waals surface area contributed by atoms with Gasteiger partial charge in [-0.3, -0.25) is 0 Å². The predicted molar refractivity (Wildman–Crippen MR) is 51.6 cm³/mol. The van der Waals surface area contributed by atoms with Gasteiger partial charge in [-0.1, -0.05) is 17.7 Å². The monoisotopic (exact) mass is 268 g/mol. The first-order valence-electron chi connectivity index (χ1n) is 4.25. The number of carbonyl (C=O) groups is 1. The summed E-state index contributed by atoms with van der Waals surface area (Å²) in [6, 6.07) is 5.22. The van der Waals surface area contributed by atoms with Crippen molar-refractivity contribution >= 4 is 16.1 Å². The maximum atomic E-state index is 11.9. The van der Waals surface area contributed by atoms with Crippen LogP contribution in [0.1, 0.15) is 15.9 Å². The smallest absolute Gasteiger partial charge is 0.335 e. The first-order valence-corrected chi connectivity index (χ1v) is 5.66. The zero-order valence-electron chi connectivity index (χ0n) is 8.48. The van der Waals surface area contributed by atoms with Crippen LogP contribution < -0.4 is 0 Å². The average molecular weight is 268 g/mol. The van der Waals surface area contributed by atoms with Gasteiger partial charge in [-0.05, 0) is 19.1 Å². The van der Waals surface area contributed by atoms with Crippen molar-refractivity contribution in [1.29, 1.82) is 0 Å². The molecular formula is C9H7F3O4S. The summed E-state index contributed by atoms with van der Waals surface area (Å²) in [5.41, 5.74) is -5.13. The van der Waals surface area contributed by atoms with E-state index in [4.69, 9.17) is 0 Å². The average Bonchev–Trinajstić information content (AvgIpc) is 2.16. The summed E-state index contributed by atoms with van der Waals surface area (Å²) in [5, 5.41) is 0. The number of aryl methyl sites for hydroxylation is 1. The van der Waals surface area contributed by atoms with Crippen LogP contribution in [-0.2, 0) is 14.3 Å². The van der Waals surface area contributed by atoms with E-state index in [0.717, 1.165) is 5.56 Å². The molecule has 0 fully saturated rings. The minimum Gasteiger partial charge on any atom is -0.335 e. The fourth-order valence-corrected chi connectivity index (χ4v) is 1.27. The molecule has 0 aromatic heterocycles. The second kappa shape index (κ2) is 4.36. The molecule has 0 heterocycles. The van der Waals surface area contributed by atoms with Crippen LogP contribution in [0.15, 0.2) is 24.3 Å². The van der Waals surface area contributed by atoms with E-state index in [1.165, 1.54) is 24.3 Å².